The second kappa shape index (κ2) is 6.13. The predicted molar refractivity (Wildman–Crippen MR) is 75.0 cm³/mol. The lowest BCUT2D eigenvalue weighted by Crippen LogP contribution is -2.33. The number of aliphatic carboxylic acids is 1. The van der Waals surface area contributed by atoms with Gasteiger partial charge in [-0.25, -0.2) is 0 Å². The van der Waals surface area contributed by atoms with Crippen molar-refractivity contribution in [2.45, 2.75) is 26.8 Å². The van der Waals surface area contributed by atoms with Gasteiger partial charge < -0.3 is 14.6 Å². The molecule has 2 atom stereocenters. The summed E-state index contributed by atoms with van der Waals surface area (Å²) >= 11 is 0. The lowest BCUT2D eigenvalue weighted by Gasteiger charge is -2.29. The molecule has 1 aromatic rings. The van der Waals surface area contributed by atoms with Crippen LogP contribution in [-0.2, 0) is 4.79 Å². The molecule has 1 aromatic carbocycles. The maximum Gasteiger partial charge on any atom is 0.307 e. The molecular weight excluding hydrogens is 258 g/mol. The highest BCUT2D eigenvalue weighted by atomic mass is 16.7. The van der Waals surface area contributed by atoms with Gasteiger partial charge in [0.05, 0.1) is 5.92 Å². The van der Waals surface area contributed by atoms with E-state index in [0.29, 0.717) is 6.54 Å². The summed E-state index contributed by atoms with van der Waals surface area (Å²) in [5.41, 5.74) is 1.11. The number of carbonyl (C=O) groups is 1. The first kappa shape index (κ1) is 14.7. The number of carboxylic acids is 1. The largest absolute Gasteiger partial charge is 0.481 e. The van der Waals surface area contributed by atoms with Crippen LogP contribution in [0, 0.1) is 5.92 Å². The van der Waals surface area contributed by atoms with Crippen LogP contribution in [0.15, 0.2) is 18.2 Å². The average Bonchev–Trinajstić information content (AvgIpc) is 2.90. The zero-order valence-corrected chi connectivity index (χ0v) is 12.1. The van der Waals surface area contributed by atoms with Crippen LogP contribution < -0.4 is 9.47 Å². The van der Waals surface area contributed by atoms with Gasteiger partial charge >= 0.3 is 5.97 Å². The lowest BCUT2D eigenvalue weighted by atomic mass is 10.0. The zero-order valence-electron chi connectivity index (χ0n) is 12.1. The predicted octanol–water partition coefficient (Wildman–Crippen LogP) is 2.52. The summed E-state index contributed by atoms with van der Waals surface area (Å²) < 4.78 is 10.7. The molecule has 0 spiro atoms. The molecule has 0 saturated carbocycles. The van der Waals surface area contributed by atoms with E-state index >= 15 is 0 Å². The molecule has 1 aliphatic heterocycles. The second-order valence-electron chi connectivity index (χ2n) is 5.12. The zero-order chi connectivity index (χ0) is 14.7. The fourth-order valence-electron chi connectivity index (χ4n) is 2.37. The molecule has 5 nitrogen and oxygen atoms in total. The van der Waals surface area contributed by atoms with Crippen molar-refractivity contribution in [3.8, 4) is 11.5 Å². The van der Waals surface area contributed by atoms with E-state index in [9.17, 15) is 4.79 Å². The number of ether oxygens (including phenoxy) is 2. The van der Waals surface area contributed by atoms with Crippen LogP contribution in [0.25, 0.3) is 0 Å². The summed E-state index contributed by atoms with van der Waals surface area (Å²) in [6.45, 7) is 7.44. The quantitative estimate of drug-likeness (QED) is 0.867. The summed E-state index contributed by atoms with van der Waals surface area (Å²) in [7, 11) is 0. The average molecular weight is 279 g/mol. The third-order valence-electron chi connectivity index (χ3n) is 3.76. The van der Waals surface area contributed by atoms with Gasteiger partial charge in [0, 0.05) is 12.6 Å². The minimum Gasteiger partial charge on any atom is -0.481 e. The minimum atomic E-state index is -0.763. The normalized spacial score (nSPS) is 16.2. The number of carboxylic acid groups (broad SMARTS) is 1. The summed E-state index contributed by atoms with van der Waals surface area (Å²) in [5, 5.41) is 9.04. The van der Waals surface area contributed by atoms with E-state index in [0.717, 1.165) is 23.6 Å². The number of hydrogen-bond acceptors (Lipinski definition) is 4. The van der Waals surface area contributed by atoms with Crippen LogP contribution in [0.1, 0.15) is 32.4 Å². The molecule has 20 heavy (non-hydrogen) atoms. The van der Waals surface area contributed by atoms with Crippen LogP contribution in [0.3, 0.4) is 0 Å². The summed E-state index contributed by atoms with van der Waals surface area (Å²) in [6.07, 6.45) is 0. The Labute approximate surface area is 119 Å². The molecule has 0 bridgehead atoms. The van der Waals surface area contributed by atoms with Gasteiger partial charge in [-0.15, -0.1) is 0 Å². The molecule has 5 heteroatoms. The van der Waals surface area contributed by atoms with E-state index in [1.54, 1.807) is 6.92 Å². The van der Waals surface area contributed by atoms with E-state index in [1.165, 1.54) is 0 Å². The van der Waals surface area contributed by atoms with Crippen molar-refractivity contribution in [3.63, 3.8) is 0 Å². The van der Waals surface area contributed by atoms with Gasteiger partial charge in [0.2, 0.25) is 6.79 Å². The molecule has 2 unspecified atom stereocenters. The van der Waals surface area contributed by atoms with Gasteiger partial charge in [-0.05, 0) is 31.2 Å². The smallest absolute Gasteiger partial charge is 0.307 e. The monoisotopic (exact) mass is 279 g/mol. The van der Waals surface area contributed by atoms with Crippen LogP contribution in [0.4, 0.5) is 0 Å². The van der Waals surface area contributed by atoms with Crippen molar-refractivity contribution in [3.05, 3.63) is 23.8 Å². The van der Waals surface area contributed by atoms with E-state index < -0.39 is 5.97 Å². The molecule has 0 aliphatic carbocycles. The van der Waals surface area contributed by atoms with Crippen molar-refractivity contribution >= 4 is 5.97 Å². The van der Waals surface area contributed by atoms with E-state index in [2.05, 4.69) is 11.8 Å². The Morgan fingerprint density at radius 3 is 2.70 bits per heavy atom. The van der Waals surface area contributed by atoms with Gasteiger partial charge in [-0.2, -0.15) is 0 Å². The fourth-order valence-corrected chi connectivity index (χ4v) is 2.37. The Bertz CT molecular complexity index is 489. The summed E-state index contributed by atoms with van der Waals surface area (Å²) in [4.78, 5) is 13.1. The molecule has 0 amide bonds. The second-order valence-corrected chi connectivity index (χ2v) is 5.12. The molecule has 0 radical (unpaired) electrons. The Balaban J connectivity index is 2.11. The van der Waals surface area contributed by atoms with Gasteiger partial charge in [-0.3, -0.25) is 9.69 Å². The van der Waals surface area contributed by atoms with Crippen LogP contribution >= 0.6 is 0 Å². The molecular formula is C15H21NO4. The van der Waals surface area contributed by atoms with E-state index in [-0.39, 0.29) is 18.8 Å². The first-order valence-electron chi connectivity index (χ1n) is 6.89. The molecule has 0 fully saturated rings. The Morgan fingerprint density at radius 1 is 1.35 bits per heavy atom. The summed E-state index contributed by atoms with van der Waals surface area (Å²) in [6, 6.07) is 6.02. The first-order chi connectivity index (χ1) is 9.52. The van der Waals surface area contributed by atoms with Crippen molar-refractivity contribution < 1.29 is 19.4 Å². The fraction of sp³-hybridized carbons (Fsp3) is 0.533. The SMILES string of the molecule is CCN(CC(C)C(=O)O)C(C)c1ccc2c(c1)OCO2. The number of nitrogens with zero attached hydrogens (tertiary/aromatic N) is 1. The highest BCUT2D eigenvalue weighted by Crippen LogP contribution is 2.35. The van der Waals surface area contributed by atoms with Crippen molar-refractivity contribution in [2.75, 3.05) is 19.9 Å². The Morgan fingerprint density at radius 2 is 2.05 bits per heavy atom. The molecule has 0 aromatic heterocycles. The third-order valence-corrected chi connectivity index (χ3v) is 3.76. The van der Waals surface area contributed by atoms with Crippen molar-refractivity contribution in [1.82, 2.24) is 4.90 Å². The molecule has 1 aliphatic rings. The molecule has 2 rings (SSSR count). The highest BCUT2D eigenvalue weighted by molar-refractivity contribution is 5.69. The summed E-state index contributed by atoms with van der Waals surface area (Å²) in [5.74, 6) is 0.382. The standard InChI is InChI=1S/C15H21NO4/c1-4-16(8-10(2)15(17)18)11(3)12-5-6-13-14(7-12)20-9-19-13/h5-7,10-11H,4,8-9H2,1-3H3,(H,17,18). The Kier molecular flexibility index (Phi) is 4.49. The van der Waals surface area contributed by atoms with Crippen LogP contribution in [0.5, 0.6) is 11.5 Å². The molecule has 1 N–H and O–H groups in total. The highest BCUT2D eigenvalue weighted by Gasteiger charge is 2.22. The van der Waals surface area contributed by atoms with Crippen molar-refractivity contribution in [2.24, 2.45) is 5.92 Å². The first-order valence-corrected chi connectivity index (χ1v) is 6.89. The van der Waals surface area contributed by atoms with Crippen LogP contribution in [0.2, 0.25) is 0 Å². The topological polar surface area (TPSA) is 59.0 Å². The number of hydrogen-bond donors (Lipinski definition) is 1. The number of benzene rings is 1. The maximum atomic E-state index is 11.0. The third kappa shape index (κ3) is 3.04. The van der Waals surface area contributed by atoms with Gasteiger partial charge in [0.15, 0.2) is 11.5 Å². The van der Waals surface area contributed by atoms with E-state index in [4.69, 9.17) is 14.6 Å². The lowest BCUT2D eigenvalue weighted by molar-refractivity contribution is -0.141. The van der Waals surface area contributed by atoms with Gasteiger partial charge in [-0.1, -0.05) is 19.9 Å². The van der Waals surface area contributed by atoms with Gasteiger partial charge in [0.25, 0.3) is 0 Å². The molecule has 1 heterocycles. The van der Waals surface area contributed by atoms with Crippen molar-refractivity contribution in [1.29, 1.82) is 0 Å². The number of rotatable bonds is 6. The van der Waals surface area contributed by atoms with Crippen LogP contribution in [-0.4, -0.2) is 35.9 Å². The number of fused-ring (bicyclic) bond motifs is 1. The van der Waals surface area contributed by atoms with E-state index in [1.807, 2.05) is 25.1 Å². The van der Waals surface area contributed by atoms with Gasteiger partial charge in [0.1, 0.15) is 0 Å². The molecule has 110 valence electrons. The minimum absolute atomic E-state index is 0.135. The Hall–Kier alpha value is -1.75. The maximum absolute atomic E-state index is 11.0. The molecule has 0 saturated heterocycles.